The Labute approximate surface area is 158 Å². The lowest BCUT2D eigenvalue weighted by molar-refractivity contribution is -0.669. The second-order valence-corrected chi connectivity index (χ2v) is 9.73. The molecule has 1 aromatic carbocycles. The Hall–Kier alpha value is -1.63. The molecule has 5 rings (SSSR count). The van der Waals surface area contributed by atoms with Gasteiger partial charge < -0.3 is 0 Å². The summed E-state index contributed by atoms with van der Waals surface area (Å²) in [6, 6.07) is 9.01. The van der Waals surface area contributed by atoms with Crippen molar-refractivity contribution in [1.82, 2.24) is 0 Å². The molecular formula is C25H32N+. The number of hydrogen-bond acceptors (Lipinski definition) is 0. The van der Waals surface area contributed by atoms with Crippen LogP contribution in [0.4, 0.5) is 0 Å². The zero-order chi connectivity index (χ0) is 18.1. The minimum atomic E-state index is 0.403. The predicted octanol–water partition coefficient (Wildman–Crippen LogP) is 5.47. The summed E-state index contributed by atoms with van der Waals surface area (Å²) in [7, 11) is 2.35. The van der Waals surface area contributed by atoms with Crippen molar-refractivity contribution >= 4 is 0 Å². The summed E-state index contributed by atoms with van der Waals surface area (Å²) in [5.41, 5.74) is 12.1. The highest BCUT2D eigenvalue weighted by Crippen LogP contribution is 2.56. The van der Waals surface area contributed by atoms with Crippen molar-refractivity contribution in [2.45, 2.75) is 83.0 Å². The van der Waals surface area contributed by atoms with Gasteiger partial charge in [0.25, 0.3) is 0 Å². The number of nitrogens with zero attached hydrogens (tertiary/aromatic N) is 1. The number of benzene rings is 1. The molecule has 136 valence electrons. The molecule has 0 saturated carbocycles. The highest BCUT2D eigenvalue weighted by molar-refractivity contribution is 5.68. The van der Waals surface area contributed by atoms with Crippen molar-refractivity contribution < 1.29 is 4.57 Å². The van der Waals surface area contributed by atoms with Crippen LogP contribution in [0.1, 0.15) is 80.3 Å². The molecular weight excluding hydrogens is 314 g/mol. The SMILES string of the molecule is Cc1ccccc1-c1c2c3c4c([n+]1C)CCCC4(C)CCC3(C)CCC2. The van der Waals surface area contributed by atoms with E-state index in [1.54, 1.807) is 22.4 Å². The van der Waals surface area contributed by atoms with Gasteiger partial charge in [-0.3, -0.25) is 0 Å². The summed E-state index contributed by atoms with van der Waals surface area (Å²) in [6.07, 6.45) is 10.7. The first-order valence-corrected chi connectivity index (χ1v) is 10.6. The maximum Gasteiger partial charge on any atom is 0.216 e. The fourth-order valence-corrected chi connectivity index (χ4v) is 6.56. The van der Waals surface area contributed by atoms with Gasteiger partial charge in [0.15, 0.2) is 5.69 Å². The Bertz CT molecular complexity index is 909. The van der Waals surface area contributed by atoms with Gasteiger partial charge in [0.1, 0.15) is 7.05 Å². The van der Waals surface area contributed by atoms with Crippen molar-refractivity contribution in [3.8, 4) is 11.3 Å². The second kappa shape index (κ2) is 5.44. The predicted molar refractivity (Wildman–Crippen MR) is 108 cm³/mol. The van der Waals surface area contributed by atoms with Crippen LogP contribution in [0, 0.1) is 6.92 Å². The summed E-state index contributed by atoms with van der Waals surface area (Å²) in [5.74, 6) is 0. The first-order valence-electron chi connectivity index (χ1n) is 10.6. The topological polar surface area (TPSA) is 3.88 Å². The van der Waals surface area contributed by atoms with Gasteiger partial charge in [0.05, 0.1) is 0 Å². The quantitative estimate of drug-likeness (QED) is 0.603. The fraction of sp³-hybridized carbons (Fsp3) is 0.560. The number of aromatic nitrogens is 1. The summed E-state index contributed by atoms with van der Waals surface area (Å²) in [4.78, 5) is 0. The fourth-order valence-electron chi connectivity index (χ4n) is 6.56. The van der Waals surface area contributed by atoms with E-state index in [1.165, 1.54) is 68.2 Å². The van der Waals surface area contributed by atoms with Crippen LogP contribution in [0.2, 0.25) is 0 Å². The maximum atomic E-state index is 2.60. The molecule has 0 N–H and O–H groups in total. The van der Waals surface area contributed by atoms with Gasteiger partial charge in [-0.05, 0) is 79.9 Å². The zero-order valence-corrected chi connectivity index (χ0v) is 16.9. The van der Waals surface area contributed by atoms with Gasteiger partial charge in [-0.25, -0.2) is 0 Å². The van der Waals surface area contributed by atoms with Crippen molar-refractivity contribution in [1.29, 1.82) is 0 Å². The van der Waals surface area contributed by atoms with E-state index >= 15 is 0 Å². The van der Waals surface area contributed by atoms with Gasteiger partial charge >= 0.3 is 0 Å². The monoisotopic (exact) mass is 346 g/mol. The van der Waals surface area contributed by atoms with Crippen LogP contribution in [0.15, 0.2) is 24.3 Å². The van der Waals surface area contributed by atoms with Crippen LogP contribution >= 0.6 is 0 Å². The van der Waals surface area contributed by atoms with Gasteiger partial charge in [-0.15, -0.1) is 0 Å². The van der Waals surface area contributed by atoms with E-state index in [4.69, 9.17) is 0 Å². The molecule has 1 nitrogen and oxygen atoms in total. The molecule has 0 amide bonds. The molecule has 1 heterocycles. The Balaban J connectivity index is 1.92. The molecule has 3 aliphatic carbocycles. The number of aryl methyl sites for hydroxylation is 1. The van der Waals surface area contributed by atoms with E-state index in [0.717, 1.165) is 0 Å². The van der Waals surface area contributed by atoms with Crippen LogP contribution in [0.25, 0.3) is 11.3 Å². The van der Waals surface area contributed by atoms with Crippen molar-refractivity contribution in [2.24, 2.45) is 7.05 Å². The molecule has 1 heteroatoms. The van der Waals surface area contributed by atoms with Crippen molar-refractivity contribution in [2.75, 3.05) is 0 Å². The Morgan fingerprint density at radius 2 is 1.50 bits per heavy atom. The highest BCUT2D eigenvalue weighted by Gasteiger charge is 2.51. The molecule has 1 aromatic heterocycles. The Morgan fingerprint density at radius 3 is 2.23 bits per heavy atom. The average Bonchev–Trinajstić information content (AvgIpc) is 2.62. The van der Waals surface area contributed by atoms with Crippen LogP contribution in [-0.4, -0.2) is 0 Å². The lowest BCUT2D eigenvalue weighted by atomic mass is 9.54. The molecule has 0 fully saturated rings. The van der Waals surface area contributed by atoms with Gasteiger partial charge in [0.2, 0.25) is 5.69 Å². The van der Waals surface area contributed by atoms with Gasteiger partial charge in [-0.1, -0.05) is 32.0 Å². The molecule has 3 aliphatic rings. The summed E-state index contributed by atoms with van der Waals surface area (Å²) in [5, 5.41) is 0. The van der Waals surface area contributed by atoms with Crippen LogP contribution in [-0.2, 0) is 30.7 Å². The van der Waals surface area contributed by atoms with Crippen LogP contribution in [0.3, 0.4) is 0 Å². The summed E-state index contributed by atoms with van der Waals surface area (Å²) in [6.45, 7) is 7.41. The first-order chi connectivity index (χ1) is 12.4. The standard InChI is InChI=1S/C25H32N/c1-17-9-5-6-10-18(17)23-19-11-7-13-24(2)15-16-25(3)14-8-12-20(26(23)4)22(25)21(19)24/h5-6,9-10H,7-8,11-16H2,1-4H3/q+1. The minimum Gasteiger partial charge on any atom is -0.198 e. The van der Waals surface area contributed by atoms with Crippen LogP contribution in [0.5, 0.6) is 0 Å². The molecule has 2 unspecified atom stereocenters. The number of pyridine rings is 1. The molecule has 0 saturated heterocycles. The molecule has 26 heavy (non-hydrogen) atoms. The van der Waals surface area contributed by atoms with Gasteiger partial charge in [-0.2, -0.15) is 4.57 Å². The molecule has 0 aliphatic heterocycles. The van der Waals surface area contributed by atoms with E-state index in [9.17, 15) is 0 Å². The molecule has 2 aromatic rings. The molecule has 0 spiro atoms. The van der Waals surface area contributed by atoms with E-state index in [-0.39, 0.29) is 0 Å². The third-order valence-corrected chi connectivity index (χ3v) is 8.00. The molecule has 2 atom stereocenters. The largest absolute Gasteiger partial charge is 0.216 e. The smallest absolute Gasteiger partial charge is 0.198 e. The lowest BCUT2D eigenvalue weighted by Gasteiger charge is -2.50. The average molecular weight is 347 g/mol. The number of rotatable bonds is 1. The van der Waals surface area contributed by atoms with Crippen molar-refractivity contribution in [3.05, 3.63) is 52.2 Å². The number of hydrogen-bond donors (Lipinski definition) is 0. The van der Waals surface area contributed by atoms with E-state index in [0.29, 0.717) is 10.8 Å². The Kier molecular flexibility index (Phi) is 3.46. The third-order valence-electron chi connectivity index (χ3n) is 8.00. The highest BCUT2D eigenvalue weighted by atomic mass is 15.0. The third kappa shape index (κ3) is 2.06. The minimum absolute atomic E-state index is 0.403. The van der Waals surface area contributed by atoms with Crippen LogP contribution < -0.4 is 4.57 Å². The zero-order valence-electron chi connectivity index (χ0n) is 16.9. The normalized spacial score (nSPS) is 29.4. The van der Waals surface area contributed by atoms with E-state index in [1.807, 2.05) is 0 Å². The molecule has 0 radical (unpaired) electrons. The van der Waals surface area contributed by atoms with E-state index in [2.05, 4.69) is 56.7 Å². The van der Waals surface area contributed by atoms with Crippen molar-refractivity contribution in [3.63, 3.8) is 0 Å². The molecule has 0 bridgehead atoms. The first kappa shape index (κ1) is 16.5. The summed E-state index contributed by atoms with van der Waals surface area (Å²) >= 11 is 0. The van der Waals surface area contributed by atoms with Gasteiger partial charge in [0, 0.05) is 23.1 Å². The Morgan fingerprint density at radius 1 is 0.846 bits per heavy atom. The summed E-state index contributed by atoms with van der Waals surface area (Å²) < 4.78 is 2.60. The lowest BCUT2D eigenvalue weighted by Crippen LogP contribution is -2.50. The second-order valence-electron chi connectivity index (χ2n) is 9.73. The maximum absolute atomic E-state index is 2.60. The van der Waals surface area contributed by atoms with E-state index < -0.39 is 0 Å².